The molecule has 3 aromatic rings. The molecule has 30 heavy (non-hydrogen) atoms. The van der Waals surface area contributed by atoms with Crippen molar-refractivity contribution in [1.82, 2.24) is 24.5 Å². The highest BCUT2D eigenvalue weighted by molar-refractivity contribution is 6.30. The number of aromatic nitrogens is 4. The van der Waals surface area contributed by atoms with Gasteiger partial charge in [-0.05, 0) is 24.6 Å². The number of benzene rings is 1. The first-order chi connectivity index (χ1) is 14.2. The van der Waals surface area contributed by atoms with Crippen molar-refractivity contribution < 1.29 is 18.0 Å². The number of aryl methyl sites for hydroxylation is 1. The van der Waals surface area contributed by atoms with Crippen molar-refractivity contribution in [2.75, 3.05) is 31.1 Å². The van der Waals surface area contributed by atoms with Crippen LogP contribution in [0.5, 0.6) is 0 Å². The van der Waals surface area contributed by atoms with Crippen LogP contribution in [0.2, 0.25) is 5.02 Å². The van der Waals surface area contributed by atoms with Gasteiger partial charge < -0.3 is 9.80 Å². The molecule has 158 valence electrons. The van der Waals surface area contributed by atoms with Gasteiger partial charge in [0.05, 0.1) is 6.42 Å². The molecule has 4 rings (SSSR count). The minimum atomic E-state index is -4.65. The maximum atomic E-state index is 13.0. The molecule has 11 heteroatoms. The van der Waals surface area contributed by atoms with E-state index in [2.05, 4.69) is 15.1 Å². The summed E-state index contributed by atoms with van der Waals surface area (Å²) in [5.41, 5.74) is 1.42. The average Bonchev–Trinajstić information content (AvgIpc) is 3.14. The first-order valence-electron chi connectivity index (χ1n) is 9.29. The number of rotatable bonds is 3. The molecule has 1 saturated heterocycles. The fourth-order valence-electron chi connectivity index (χ4n) is 3.39. The molecule has 0 saturated carbocycles. The van der Waals surface area contributed by atoms with Crippen LogP contribution in [-0.4, -0.2) is 56.6 Å². The molecule has 0 atom stereocenters. The van der Waals surface area contributed by atoms with Gasteiger partial charge in [-0.2, -0.15) is 22.7 Å². The molecule has 0 aliphatic carbocycles. The second kappa shape index (κ2) is 7.75. The number of hydrogen-bond acceptors (Lipinski definition) is 5. The zero-order chi connectivity index (χ0) is 21.5. The lowest BCUT2D eigenvalue weighted by Crippen LogP contribution is -2.49. The van der Waals surface area contributed by atoms with Gasteiger partial charge in [0.15, 0.2) is 0 Å². The summed E-state index contributed by atoms with van der Waals surface area (Å²) in [6.45, 7) is 3.53. The fraction of sp³-hybridized carbons (Fsp3) is 0.368. The molecule has 1 aromatic carbocycles. The molecular formula is C19H18ClF3N6O. The van der Waals surface area contributed by atoms with Crippen LogP contribution in [-0.2, 0) is 17.4 Å². The topological polar surface area (TPSA) is 66.6 Å². The van der Waals surface area contributed by atoms with E-state index in [-0.39, 0.29) is 18.1 Å². The van der Waals surface area contributed by atoms with E-state index in [9.17, 15) is 18.0 Å². The summed E-state index contributed by atoms with van der Waals surface area (Å²) in [6.07, 6.45) is -4.38. The monoisotopic (exact) mass is 438 g/mol. The zero-order valence-corrected chi connectivity index (χ0v) is 16.8. The lowest BCUT2D eigenvalue weighted by molar-refractivity contribution is -0.144. The highest BCUT2D eigenvalue weighted by Gasteiger charge is 2.37. The van der Waals surface area contributed by atoms with Crippen LogP contribution in [0.15, 0.2) is 30.3 Å². The first-order valence-corrected chi connectivity index (χ1v) is 9.67. The van der Waals surface area contributed by atoms with Crippen molar-refractivity contribution in [1.29, 1.82) is 0 Å². The van der Waals surface area contributed by atoms with Gasteiger partial charge in [0.25, 0.3) is 11.6 Å². The number of carbonyl (C=O) groups excluding carboxylic acids is 1. The predicted molar refractivity (Wildman–Crippen MR) is 104 cm³/mol. The number of piperazine rings is 1. The molecule has 0 unspecified atom stereocenters. The van der Waals surface area contributed by atoms with E-state index in [0.717, 1.165) is 10.1 Å². The van der Waals surface area contributed by atoms with Crippen molar-refractivity contribution in [3.8, 4) is 0 Å². The molecule has 0 bridgehead atoms. The Hall–Kier alpha value is -2.88. The quantitative estimate of drug-likeness (QED) is 0.629. The second-order valence-corrected chi connectivity index (χ2v) is 7.51. The van der Waals surface area contributed by atoms with E-state index < -0.39 is 12.0 Å². The van der Waals surface area contributed by atoms with Crippen LogP contribution >= 0.6 is 11.6 Å². The second-order valence-electron chi connectivity index (χ2n) is 7.07. The van der Waals surface area contributed by atoms with E-state index in [0.29, 0.717) is 42.7 Å². The number of amides is 1. The van der Waals surface area contributed by atoms with Crippen LogP contribution in [0.4, 0.5) is 19.0 Å². The Balaban J connectivity index is 1.48. The molecule has 1 aliphatic rings. The van der Waals surface area contributed by atoms with Gasteiger partial charge in [-0.3, -0.25) is 4.79 Å². The van der Waals surface area contributed by atoms with Crippen molar-refractivity contribution in [3.05, 3.63) is 52.4 Å². The van der Waals surface area contributed by atoms with Gasteiger partial charge in [-0.1, -0.05) is 23.7 Å². The highest BCUT2D eigenvalue weighted by Crippen LogP contribution is 2.28. The molecule has 1 fully saturated rings. The first kappa shape index (κ1) is 20.4. The van der Waals surface area contributed by atoms with Gasteiger partial charge in [-0.25, -0.2) is 4.98 Å². The summed E-state index contributed by atoms with van der Waals surface area (Å²) in [6, 6.07) is 8.79. The third-order valence-corrected chi connectivity index (χ3v) is 5.15. The van der Waals surface area contributed by atoms with Crippen molar-refractivity contribution >= 4 is 29.1 Å². The molecule has 1 amide bonds. The Bertz CT molecular complexity index is 1070. The molecule has 3 heterocycles. The molecule has 7 nitrogen and oxygen atoms in total. The number of alkyl halides is 3. The summed E-state index contributed by atoms with van der Waals surface area (Å²) >= 11 is 5.87. The van der Waals surface area contributed by atoms with E-state index in [4.69, 9.17) is 11.6 Å². The summed E-state index contributed by atoms with van der Waals surface area (Å²) < 4.78 is 40.1. The molecule has 0 N–H and O–H groups in total. The standard InChI is InChI=1S/C19H18ClF3N6O/c1-12-10-15(29-18(24-12)25-17(26-29)19(21,22)23)27-6-8-28(9-7-27)16(30)11-13-2-4-14(20)5-3-13/h2-5,10H,6-9,11H2,1H3. The minimum absolute atomic E-state index is 0.00635. The minimum Gasteiger partial charge on any atom is -0.353 e. The SMILES string of the molecule is Cc1cc(N2CCN(C(=O)Cc3ccc(Cl)cc3)CC2)n2nc(C(F)(F)F)nc2n1. The van der Waals surface area contributed by atoms with Crippen LogP contribution in [0, 0.1) is 6.92 Å². The number of anilines is 1. The summed E-state index contributed by atoms with van der Waals surface area (Å²) in [5, 5.41) is 4.21. The van der Waals surface area contributed by atoms with Crippen molar-refractivity contribution in [2.24, 2.45) is 0 Å². The number of hydrogen-bond donors (Lipinski definition) is 0. The van der Waals surface area contributed by atoms with E-state index in [1.165, 1.54) is 0 Å². The van der Waals surface area contributed by atoms with Crippen LogP contribution in [0.25, 0.3) is 5.78 Å². The van der Waals surface area contributed by atoms with Gasteiger partial charge in [0.1, 0.15) is 5.82 Å². The Labute approximate surface area is 175 Å². The molecule has 1 aliphatic heterocycles. The Morgan fingerprint density at radius 1 is 1.10 bits per heavy atom. The molecule has 2 aromatic heterocycles. The number of halogens is 4. The van der Waals surface area contributed by atoms with Crippen molar-refractivity contribution in [3.63, 3.8) is 0 Å². The summed E-state index contributed by atoms with van der Waals surface area (Å²) in [4.78, 5) is 23.8. The van der Waals surface area contributed by atoms with Gasteiger partial charge in [-0.15, -0.1) is 5.10 Å². The third kappa shape index (κ3) is 4.18. The molecule has 0 spiro atoms. The average molecular weight is 439 g/mol. The maximum Gasteiger partial charge on any atom is 0.453 e. The Morgan fingerprint density at radius 3 is 2.40 bits per heavy atom. The van der Waals surface area contributed by atoms with Gasteiger partial charge in [0, 0.05) is 43.0 Å². The van der Waals surface area contributed by atoms with E-state index >= 15 is 0 Å². The Kier molecular flexibility index (Phi) is 5.27. The van der Waals surface area contributed by atoms with Crippen molar-refractivity contribution in [2.45, 2.75) is 19.5 Å². The van der Waals surface area contributed by atoms with Gasteiger partial charge >= 0.3 is 6.18 Å². The molecule has 0 radical (unpaired) electrons. The summed E-state index contributed by atoms with van der Waals surface area (Å²) in [7, 11) is 0. The predicted octanol–water partition coefficient (Wildman–Crippen LogP) is 3.00. The third-order valence-electron chi connectivity index (χ3n) is 4.90. The fourth-order valence-corrected chi connectivity index (χ4v) is 3.51. The van der Waals surface area contributed by atoms with Crippen LogP contribution in [0.1, 0.15) is 17.1 Å². The van der Waals surface area contributed by atoms with Gasteiger partial charge in [0.2, 0.25) is 5.91 Å². The van der Waals surface area contributed by atoms with E-state index in [1.54, 1.807) is 30.0 Å². The lowest BCUT2D eigenvalue weighted by Gasteiger charge is -2.36. The smallest absolute Gasteiger partial charge is 0.353 e. The summed E-state index contributed by atoms with van der Waals surface area (Å²) in [5.74, 6) is -0.851. The number of carbonyl (C=O) groups is 1. The normalized spacial score (nSPS) is 15.1. The highest BCUT2D eigenvalue weighted by atomic mass is 35.5. The van der Waals surface area contributed by atoms with E-state index in [1.807, 2.05) is 17.0 Å². The maximum absolute atomic E-state index is 13.0. The van der Waals surface area contributed by atoms with Crippen LogP contribution in [0.3, 0.4) is 0 Å². The largest absolute Gasteiger partial charge is 0.453 e. The zero-order valence-electron chi connectivity index (χ0n) is 16.0. The van der Waals surface area contributed by atoms with Crippen LogP contribution < -0.4 is 4.90 Å². The number of fused-ring (bicyclic) bond motifs is 1. The number of nitrogens with zero attached hydrogens (tertiary/aromatic N) is 6. The lowest BCUT2D eigenvalue weighted by atomic mass is 10.1. The molecular weight excluding hydrogens is 421 g/mol. The Morgan fingerprint density at radius 2 is 1.77 bits per heavy atom.